The molecule has 0 radical (unpaired) electrons. The van der Waals surface area contributed by atoms with Gasteiger partial charge >= 0.3 is 0 Å². The van der Waals surface area contributed by atoms with Gasteiger partial charge in [-0.15, -0.1) is 0 Å². The summed E-state index contributed by atoms with van der Waals surface area (Å²) in [5.41, 5.74) is 0.596. The number of anilines is 1. The first kappa shape index (κ1) is 12.5. The van der Waals surface area contributed by atoms with Crippen molar-refractivity contribution in [3.8, 4) is 11.8 Å². The van der Waals surface area contributed by atoms with Crippen LogP contribution in [0.2, 0.25) is 0 Å². The molecule has 3 rings (SSSR count). The van der Waals surface area contributed by atoms with Crippen LogP contribution in [-0.4, -0.2) is 33.5 Å². The molecule has 0 aromatic carbocycles. The number of thiazole rings is 1. The van der Waals surface area contributed by atoms with Crippen LogP contribution in [-0.2, 0) is 0 Å². The molecule has 2 amide bonds. The van der Waals surface area contributed by atoms with Gasteiger partial charge in [-0.2, -0.15) is 0 Å². The quantitative estimate of drug-likeness (QED) is 0.615. The normalized spacial score (nSPS) is 13.2. The Labute approximate surface area is 117 Å². The number of carbonyl (C=O) groups is 2. The number of aromatic nitrogens is 2. The third-order valence-electron chi connectivity index (χ3n) is 2.66. The Morgan fingerprint density at radius 1 is 1.25 bits per heavy atom. The number of aliphatic hydroxyl groups excluding tert-OH is 1. The number of pyridine rings is 1. The zero-order valence-corrected chi connectivity index (χ0v) is 10.8. The minimum absolute atomic E-state index is 0.258. The molecule has 20 heavy (non-hydrogen) atoms. The number of fused-ring (bicyclic) bond motifs is 1. The summed E-state index contributed by atoms with van der Waals surface area (Å²) in [6.45, 7) is -0.258. The van der Waals surface area contributed by atoms with Crippen molar-refractivity contribution < 1.29 is 14.7 Å². The van der Waals surface area contributed by atoms with Crippen LogP contribution in [0.25, 0.3) is 0 Å². The Bertz CT molecular complexity index is 737. The van der Waals surface area contributed by atoms with Crippen LogP contribution in [0.1, 0.15) is 25.6 Å². The molecular formula is C13H7N3O3S. The first-order valence-corrected chi connectivity index (χ1v) is 6.42. The molecule has 7 heteroatoms. The number of amides is 2. The third-order valence-corrected chi connectivity index (χ3v) is 3.56. The minimum Gasteiger partial charge on any atom is -0.384 e. The van der Waals surface area contributed by atoms with E-state index >= 15 is 0 Å². The Morgan fingerprint density at radius 2 is 2.05 bits per heavy atom. The van der Waals surface area contributed by atoms with Crippen LogP contribution < -0.4 is 4.90 Å². The Kier molecular flexibility index (Phi) is 3.02. The number of rotatable bonds is 1. The van der Waals surface area contributed by atoms with Gasteiger partial charge in [0.05, 0.1) is 22.2 Å². The standard InChI is InChI=1S/C13H7N3O3S/c17-5-1-2-8-6-15-13(20-8)16-11(18)9-3-4-14-7-10(9)12(16)19/h3-4,6-7,17H,5H2. The van der Waals surface area contributed by atoms with E-state index in [0.717, 1.165) is 16.2 Å². The number of hydrogen-bond donors (Lipinski definition) is 1. The lowest BCUT2D eigenvalue weighted by atomic mass is 10.2. The van der Waals surface area contributed by atoms with E-state index in [2.05, 4.69) is 21.8 Å². The molecule has 1 N–H and O–H groups in total. The summed E-state index contributed by atoms with van der Waals surface area (Å²) in [7, 11) is 0. The van der Waals surface area contributed by atoms with Crippen LogP contribution in [0, 0.1) is 11.8 Å². The topological polar surface area (TPSA) is 83.4 Å². The summed E-state index contributed by atoms with van der Waals surface area (Å²) in [5.74, 6) is 4.32. The van der Waals surface area contributed by atoms with E-state index in [0.29, 0.717) is 10.4 Å². The van der Waals surface area contributed by atoms with E-state index in [-0.39, 0.29) is 17.3 Å². The third kappa shape index (κ3) is 1.87. The van der Waals surface area contributed by atoms with E-state index in [1.165, 1.54) is 24.7 Å². The number of carbonyl (C=O) groups excluding carboxylic acids is 2. The molecule has 1 aliphatic rings. The molecule has 0 fully saturated rings. The Hall–Kier alpha value is -2.56. The number of aliphatic hydroxyl groups is 1. The first-order valence-electron chi connectivity index (χ1n) is 5.60. The maximum Gasteiger partial charge on any atom is 0.269 e. The molecule has 3 heterocycles. The molecule has 0 saturated heterocycles. The summed E-state index contributed by atoms with van der Waals surface area (Å²) in [6.07, 6.45) is 4.30. The molecule has 2 aromatic heterocycles. The first-order chi connectivity index (χ1) is 9.72. The second-order valence-electron chi connectivity index (χ2n) is 3.83. The van der Waals surface area contributed by atoms with Crippen molar-refractivity contribution in [3.05, 3.63) is 40.7 Å². The van der Waals surface area contributed by atoms with E-state index in [1.54, 1.807) is 0 Å². The van der Waals surface area contributed by atoms with Crippen LogP contribution in [0.15, 0.2) is 24.7 Å². The number of nitrogens with zero attached hydrogens (tertiary/aromatic N) is 3. The SMILES string of the molecule is O=C1c2ccncc2C(=O)N1c1ncc(C#CCO)s1. The van der Waals surface area contributed by atoms with Crippen LogP contribution in [0.5, 0.6) is 0 Å². The van der Waals surface area contributed by atoms with Crippen molar-refractivity contribution in [2.75, 3.05) is 11.5 Å². The predicted molar refractivity (Wildman–Crippen MR) is 71.5 cm³/mol. The highest BCUT2D eigenvalue weighted by Gasteiger charge is 2.38. The van der Waals surface area contributed by atoms with E-state index < -0.39 is 11.8 Å². The van der Waals surface area contributed by atoms with E-state index in [9.17, 15) is 9.59 Å². The largest absolute Gasteiger partial charge is 0.384 e. The highest BCUT2D eigenvalue weighted by atomic mass is 32.1. The average molecular weight is 285 g/mol. The molecule has 0 saturated carbocycles. The monoisotopic (exact) mass is 285 g/mol. The summed E-state index contributed by atoms with van der Waals surface area (Å²) < 4.78 is 0. The van der Waals surface area contributed by atoms with Gasteiger partial charge in [0.2, 0.25) is 5.13 Å². The minimum atomic E-state index is -0.436. The molecule has 0 aliphatic carbocycles. The Balaban J connectivity index is 1.99. The second kappa shape index (κ2) is 4.85. The number of hydrogen-bond acceptors (Lipinski definition) is 6. The molecule has 0 atom stereocenters. The van der Waals surface area contributed by atoms with Crippen molar-refractivity contribution in [1.29, 1.82) is 0 Å². The fourth-order valence-corrected chi connectivity index (χ4v) is 2.60. The van der Waals surface area contributed by atoms with Gasteiger partial charge in [-0.25, -0.2) is 9.88 Å². The van der Waals surface area contributed by atoms with Crippen molar-refractivity contribution >= 4 is 28.3 Å². The summed E-state index contributed by atoms with van der Waals surface area (Å²) in [5, 5.41) is 8.90. The fourth-order valence-electron chi connectivity index (χ4n) is 1.81. The lowest BCUT2D eigenvalue weighted by Gasteiger charge is -2.08. The zero-order valence-electron chi connectivity index (χ0n) is 10.0. The van der Waals surface area contributed by atoms with Gasteiger partial charge < -0.3 is 5.11 Å². The van der Waals surface area contributed by atoms with Gasteiger partial charge in [0.25, 0.3) is 11.8 Å². The maximum atomic E-state index is 12.2. The van der Waals surface area contributed by atoms with Gasteiger partial charge in [-0.3, -0.25) is 14.6 Å². The van der Waals surface area contributed by atoms with E-state index in [4.69, 9.17) is 5.11 Å². The number of imide groups is 1. The molecule has 0 unspecified atom stereocenters. The van der Waals surface area contributed by atoms with Gasteiger partial charge in [0.1, 0.15) is 6.61 Å². The fraction of sp³-hybridized carbons (Fsp3) is 0.0769. The van der Waals surface area contributed by atoms with Crippen LogP contribution >= 0.6 is 11.3 Å². The molecule has 6 nitrogen and oxygen atoms in total. The smallest absolute Gasteiger partial charge is 0.269 e. The van der Waals surface area contributed by atoms with Crippen LogP contribution in [0.3, 0.4) is 0 Å². The van der Waals surface area contributed by atoms with E-state index in [1.807, 2.05) is 0 Å². The van der Waals surface area contributed by atoms with Gasteiger partial charge in [-0.05, 0) is 6.07 Å². The summed E-state index contributed by atoms with van der Waals surface area (Å²) >= 11 is 1.12. The van der Waals surface area contributed by atoms with Crippen molar-refractivity contribution in [3.63, 3.8) is 0 Å². The Morgan fingerprint density at radius 3 is 2.80 bits per heavy atom. The lowest BCUT2D eigenvalue weighted by Crippen LogP contribution is -2.29. The molecular weight excluding hydrogens is 278 g/mol. The highest BCUT2D eigenvalue weighted by Crippen LogP contribution is 2.30. The zero-order chi connectivity index (χ0) is 14.1. The molecule has 2 aromatic rings. The lowest BCUT2D eigenvalue weighted by molar-refractivity contribution is 0.0926. The maximum absolute atomic E-state index is 12.2. The summed E-state index contributed by atoms with van der Waals surface area (Å²) in [4.78, 5) is 33.9. The van der Waals surface area contributed by atoms with Gasteiger partial charge in [0.15, 0.2) is 0 Å². The van der Waals surface area contributed by atoms with Crippen molar-refractivity contribution in [1.82, 2.24) is 9.97 Å². The summed E-state index contributed by atoms with van der Waals surface area (Å²) in [6, 6.07) is 1.51. The van der Waals surface area contributed by atoms with Gasteiger partial charge in [-0.1, -0.05) is 23.2 Å². The predicted octanol–water partition coefficient (Wildman–Crippen LogP) is 0.683. The van der Waals surface area contributed by atoms with Crippen molar-refractivity contribution in [2.24, 2.45) is 0 Å². The molecule has 0 bridgehead atoms. The van der Waals surface area contributed by atoms with Gasteiger partial charge in [0, 0.05) is 12.4 Å². The average Bonchev–Trinajstić information content (AvgIpc) is 3.02. The second-order valence-corrected chi connectivity index (χ2v) is 4.84. The molecule has 1 aliphatic heterocycles. The van der Waals surface area contributed by atoms with Crippen LogP contribution in [0.4, 0.5) is 5.13 Å². The highest BCUT2D eigenvalue weighted by molar-refractivity contribution is 7.16. The molecule has 0 spiro atoms. The molecule has 98 valence electrons. The van der Waals surface area contributed by atoms with Crippen molar-refractivity contribution in [2.45, 2.75) is 0 Å².